The molecule has 15 heavy (non-hydrogen) atoms. The van der Waals surface area contributed by atoms with Gasteiger partial charge in [0.2, 0.25) is 5.88 Å². The number of thiophene rings is 1. The van der Waals surface area contributed by atoms with Crippen LogP contribution in [0.3, 0.4) is 0 Å². The monoisotopic (exact) mass is 223 g/mol. The zero-order valence-corrected chi connectivity index (χ0v) is 9.60. The molecule has 0 atom stereocenters. The molecule has 0 fully saturated rings. The summed E-state index contributed by atoms with van der Waals surface area (Å²) in [7, 11) is 0. The largest absolute Gasteiger partial charge is 0.476 e. The van der Waals surface area contributed by atoms with Crippen molar-refractivity contribution in [2.24, 2.45) is 5.73 Å². The van der Waals surface area contributed by atoms with Crippen molar-refractivity contribution in [3.8, 4) is 5.88 Å². The second-order valence-electron chi connectivity index (χ2n) is 3.28. The number of nitrogens with zero attached hydrogens (tertiary/aromatic N) is 2. The first-order valence-corrected chi connectivity index (χ1v) is 5.59. The zero-order valence-electron chi connectivity index (χ0n) is 8.78. The number of aromatic nitrogens is 2. The van der Waals surface area contributed by atoms with Crippen LogP contribution in [-0.4, -0.2) is 23.1 Å². The van der Waals surface area contributed by atoms with Crippen molar-refractivity contribution in [3.63, 3.8) is 0 Å². The molecule has 0 saturated carbocycles. The molecule has 4 nitrogen and oxygen atoms in total. The van der Waals surface area contributed by atoms with Crippen LogP contribution in [0.1, 0.15) is 10.4 Å². The van der Waals surface area contributed by atoms with Crippen LogP contribution in [0.25, 0.3) is 10.2 Å². The molecule has 0 saturated heterocycles. The van der Waals surface area contributed by atoms with Crippen molar-refractivity contribution in [1.82, 2.24) is 9.97 Å². The van der Waals surface area contributed by atoms with Crippen molar-refractivity contribution in [3.05, 3.63) is 16.8 Å². The molecule has 5 heteroatoms. The van der Waals surface area contributed by atoms with Gasteiger partial charge in [-0.25, -0.2) is 9.97 Å². The lowest BCUT2D eigenvalue weighted by Crippen LogP contribution is -2.11. The number of ether oxygens (including phenoxy) is 1. The molecule has 0 amide bonds. The van der Waals surface area contributed by atoms with Crippen molar-refractivity contribution in [2.75, 3.05) is 13.2 Å². The summed E-state index contributed by atoms with van der Waals surface area (Å²) < 4.78 is 5.49. The summed E-state index contributed by atoms with van der Waals surface area (Å²) in [6, 6.07) is 0. The summed E-state index contributed by atoms with van der Waals surface area (Å²) in [6.07, 6.45) is 1.53. The Bertz CT molecular complexity index is 481. The second-order valence-corrected chi connectivity index (χ2v) is 4.48. The molecular formula is C10H13N3OS. The highest BCUT2D eigenvalue weighted by Crippen LogP contribution is 2.33. The fourth-order valence-corrected chi connectivity index (χ4v) is 2.40. The lowest BCUT2D eigenvalue weighted by Gasteiger charge is -2.04. The molecule has 0 aliphatic carbocycles. The molecular weight excluding hydrogens is 210 g/mol. The first-order valence-electron chi connectivity index (χ1n) is 4.77. The van der Waals surface area contributed by atoms with E-state index < -0.39 is 0 Å². The van der Waals surface area contributed by atoms with E-state index in [2.05, 4.69) is 23.8 Å². The molecule has 2 rings (SSSR count). The van der Waals surface area contributed by atoms with Gasteiger partial charge < -0.3 is 10.5 Å². The fourth-order valence-electron chi connectivity index (χ4n) is 1.42. The second kappa shape index (κ2) is 4.12. The number of nitrogens with two attached hydrogens (primary N) is 1. The fraction of sp³-hybridized carbons (Fsp3) is 0.400. The van der Waals surface area contributed by atoms with Crippen LogP contribution in [0.4, 0.5) is 0 Å². The highest BCUT2D eigenvalue weighted by atomic mass is 32.1. The van der Waals surface area contributed by atoms with Gasteiger partial charge in [-0.2, -0.15) is 0 Å². The summed E-state index contributed by atoms with van der Waals surface area (Å²) in [5, 5.41) is 1.02. The first kappa shape index (κ1) is 10.3. The van der Waals surface area contributed by atoms with E-state index in [1.54, 1.807) is 11.3 Å². The average Bonchev–Trinajstić information content (AvgIpc) is 2.53. The number of rotatable bonds is 3. The Labute approximate surface area is 92.1 Å². The van der Waals surface area contributed by atoms with Crippen LogP contribution in [0, 0.1) is 13.8 Å². The van der Waals surface area contributed by atoms with E-state index in [-0.39, 0.29) is 0 Å². The number of hydrogen-bond donors (Lipinski definition) is 1. The molecule has 2 N–H and O–H groups in total. The van der Waals surface area contributed by atoms with Crippen molar-refractivity contribution in [1.29, 1.82) is 0 Å². The molecule has 80 valence electrons. The Morgan fingerprint density at radius 3 is 2.93 bits per heavy atom. The van der Waals surface area contributed by atoms with E-state index in [0.717, 1.165) is 10.2 Å². The van der Waals surface area contributed by atoms with Gasteiger partial charge in [-0.05, 0) is 19.4 Å². The van der Waals surface area contributed by atoms with Gasteiger partial charge in [0.1, 0.15) is 17.8 Å². The van der Waals surface area contributed by atoms with E-state index in [0.29, 0.717) is 19.0 Å². The Morgan fingerprint density at radius 1 is 1.40 bits per heavy atom. The summed E-state index contributed by atoms with van der Waals surface area (Å²) in [6.45, 7) is 5.12. The minimum atomic E-state index is 0.487. The maximum absolute atomic E-state index is 5.49. The number of aryl methyl sites for hydroxylation is 2. The van der Waals surface area contributed by atoms with Crippen LogP contribution >= 0.6 is 11.3 Å². The lowest BCUT2D eigenvalue weighted by molar-refractivity contribution is 0.319. The molecule has 0 aromatic carbocycles. The summed E-state index contributed by atoms with van der Waals surface area (Å²) in [4.78, 5) is 10.6. The van der Waals surface area contributed by atoms with Crippen LogP contribution in [0.5, 0.6) is 5.88 Å². The van der Waals surface area contributed by atoms with Gasteiger partial charge in [0.15, 0.2) is 0 Å². The average molecular weight is 223 g/mol. The quantitative estimate of drug-likeness (QED) is 0.859. The third-order valence-electron chi connectivity index (χ3n) is 2.29. The van der Waals surface area contributed by atoms with Crippen molar-refractivity contribution < 1.29 is 4.74 Å². The third kappa shape index (κ3) is 1.80. The molecule has 0 unspecified atom stereocenters. The normalized spacial score (nSPS) is 10.9. The van der Waals surface area contributed by atoms with E-state index >= 15 is 0 Å². The summed E-state index contributed by atoms with van der Waals surface area (Å²) in [5.41, 5.74) is 6.59. The van der Waals surface area contributed by atoms with Gasteiger partial charge in [0.05, 0.1) is 5.39 Å². The topological polar surface area (TPSA) is 61.0 Å². The van der Waals surface area contributed by atoms with Crippen LogP contribution in [-0.2, 0) is 0 Å². The predicted octanol–water partition coefficient (Wildman–Crippen LogP) is 1.65. The van der Waals surface area contributed by atoms with Gasteiger partial charge in [0.25, 0.3) is 0 Å². The molecule has 2 aromatic heterocycles. The maximum atomic E-state index is 5.49. The first-order chi connectivity index (χ1) is 7.24. The van der Waals surface area contributed by atoms with E-state index in [1.807, 2.05) is 0 Å². The maximum Gasteiger partial charge on any atom is 0.225 e. The Kier molecular flexibility index (Phi) is 2.83. The number of fused-ring (bicyclic) bond motifs is 1. The number of hydrogen-bond acceptors (Lipinski definition) is 5. The molecule has 2 heterocycles. The molecule has 0 radical (unpaired) electrons. The van der Waals surface area contributed by atoms with Gasteiger partial charge >= 0.3 is 0 Å². The lowest BCUT2D eigenvalue weighted by atomic mass is 10.2. The zero-order chi connectivity index (χ0) is 10.8. The molecule has 0 spiro atoms. The minimum Gasteiger partial charge on any atom is -0.476 e. The van der Waals surface area contributed by atoms with E-state index in [4.69, 9.17) is 10.5 Å². The van der Waals surface area contributed by atoms with Crippen LogP contribution in [0.2, 0.25) is 0 Å². The smallest absolute Gasteiger partial charge is 0.225 e. The predicted molar refractivity (Wildman–Crippen MR) is 61.4 cm³/mol. The van der Waals surface area contributed by atoms with Crippen LogP contribution < -0.4 is 10.5 Å². The molecule has 0 aliphatic heterocycles. The summed E-state index contributed by atoms with van der Waals surface area (Å²) in [5.74, 6) is 0.646. The van der Waals surface area contributed by atoms with Gasteiger partial charge in [-0.1, -0.05) is 0 Å². The van der Waals surface area contributed by atoms with Crippen molar-refractivity contribution in [2.45, 2.75) is 13.8 Å². The van der Waals surface area contributed by atoms with Crippen molar-refractivity contribution >= 4 is 21.6 Å². The highest BCUT2D eigenvalue weighted by molar-refractivity contribution is 7.18. The molecule has 2 aromatic rings. The van der Waals surface area contributed by atoms with E-state index in [1.165, 1.54) is 16.8 Å². The van der Waals surface area contributed by atoms with Gasteiger partial charge in [0, 0.05) is 11.4 Å². The van der Waals surface area contributed by atoms with E-state index in [9.17, 15) is 0 Å². The third-order valence-corrected chi connectivity index (χ3v) is 3.40. The van der Waals surface area contributed by atoms with Crippen LogP contribution in [0.15, 0.2) is 6.33 Å². The molecule has 0 aliphatic rings. The SMILES string of the molecule is Cc1sc2ncnc(OCCN)c2c1C. The Morgan fingerprint density at radius 2 is 2.20 bits per heavy atom. The highest BCUT2D eigenvalue weighted by Gasteiger charge is 2.12. The van der Waals surface area contributed by atoms with Gasteiger partial charge in [-0.3, -0.25) is 0 Å². The summed E-state index contributed by atoms with van der Waals surface area (Å²) >= 11 is 1.66. The molecule has 0 bridgehead atoms. The van der Waals surface area contributed by atoms with Gasteiger partial charge in [-0.15, -0.1) is 11.3 Å². The minimum absolute atomic E-state index is 0.487. The Hall–Kier alpha value is -1.20. The Balaban J connectivity index is 2.53. The standard InChI is InChI=1S/C10H13N3OS/c1-6-7(2)15-10-8(6)9(12-5-13-10)14-4-3-11/h5H,3-4,11H2,1-2H3.